The van der Waals surface area contributed by atoms with E-state index in [2.05, 4.69) is 5.32 Å². The Morgan fingerprint density at radius 3 is 2.46 bits per heavy atom. The Kier molecular flexibility index (Phi) is 6.06. The number of phenolic OH excluding ortho intramolecular Hbond substituents is 1. The van der Waals surface area contributed by atoms with E-state index in [0.29, 0.717) is 12.1 Å². The number of hydrogen-bond acceptors (Lipinski definition) is 4. The van der Waals surface area contributed by atoms with Gasteiger partial charge in [-0.25, -0.2) is 0 Å². The molecule has 2 aromatic rings. The summed E-state index contributed by atoms with van der Waals surface area (Å²) in [6.07, 6.45) is 0. The fraction of sp³-hybridized carbons (Fsp3) is 0.278. The van der Waals surface area contributed by atoms with Gasteiger partial charge >= 0.3 is 0 Å². The smallest absolute Gasteiger partial charge is 0.251 e. The molecule has 0 aliphatic carbocycles. The second-order valence-corrected chi connectivity index (χ2v) is 6.04. The highest BCUT2D eigenvalue weighted by molar-refractivity contribution is 6.32. The van der Waals surface area contributed by atoms with Crippen LogP contribution in [0.1, 0.15) is 22.0 Å². The zero-order chi connectivity index (χ0) is 17.7. The first kappa shape index (κ1) is 18.1. The number of phenols is 1. The normalized spacial score (nSPS) is 12.0. The van der Waals surface area contributed by atoms with Crippen molar-refractivity contribution in [1.29, 1.82) is 0 Å². The van der Waals surface area contributed by atoms with E-state index in [-0.39, 0.29) is 22.7 Å². The Labute approximate surface area is 146 Å². The molecule has 0 radical (unpaired) electrons. The Balaban J connectivity index is 2.07. The van der Waals surface area contributed by atoms with Gasteiger partial charge in [-0.1, -0.05) is 23.7 Å². The second-order valence-electron chi connectivity index (χ2n) is 5.63. The summed E-state index contributed by atoms with van der Waals surface area (Å²) in [5, 5.41) is 12.5. The topological polar surface area (TPSA) is 61.8 Å². The molecule has 0 saturated heterocycles. The van der Waals surface area contributed by atoms with Gasteiger partial charge in [-0.15, -0.1) is 0 Å². The maximum Gasteiger partial charge on any atom is 0.251 e. The van der Waals surface area contributed by atoms with E-state index in [9.17, 15) is 9.90 Å². The molecule has 1 amide bonds. The first-order valence-electron chi connectivity index (χ1n) is 7.49. The lowest BCUT2D eigenvalue weighted by molar-refractivity contribution is 0.0942. The summed E-state index contributed by atoms with van der Waals surface area (Å²) in [5.74, 6) is 0.508. The number of benzene rings is 2. The number of likely N-dealkylation sites (N-methyl/N-ethyl adjacent to an activating group) is 1. The van der Waals surface area contributed by atoms with Crippen LogP contribution >= 0.6 is 11.6 Å². The van der Waals surface area contributed by atoms with Gasteiger partial charge in [0.05, 0.1) is 18.2 Å². The number of halogens is 1. The van der Waals surface area contributed by atoms with Crippen molar-refractivity contribution in [3.8, 4) is 11.5 Å². The number of hydrogen-bond donors (Lipinski definition) is 2. The van der Waals surface area contributed by atoms with Crippen molar-refractivity contribution < 1.29 is 14.6 Å². The summed E-state index contributed by atoms with van der Waals surface area (Å²) < 4.78 is 5.17. The molecule has 0 aliphatic rings. The van der Waals surface area contributed by atoms with E-state index >= 15 is 0 Å². The van der Waals surface area contributed by atoms with Crippen LogP contribution < -0.4 is 10.1 Å². The molecule has 0 spiro atoms. The second kappa shape index (κ2) is 8.04. The minimum absolute atomic E-state index is 0.0208. The Bertz CT molecular complexity index is 702. The molecule has 2 rings (SSSR count). The molecular formula is C18H21ClN2O3. The highest BCUT2D eigenvalue weighted by atomic mass is 35.5. The van der Waals surface area contributed by atoms with Crippen molar-refractivity contribution >= 4 is 17.5 Å². The number of aromatic hydroxyl groups is 1. The maximum absolute atomic E-state index is 12.3. The predicted octanol–water partition coefficient (Wildman–Crippen LogP) is 3.09. The van der Waals surface area contributed by atoms with Crippen LogP contribution in [0.25, 0.3) is 0 Å². The molecule has 128 valence electrons. The van der Waals surface area contributed by atoms with Gasteiger partial charge in [-0.3, -0.25) is 4.79 Å². The van der Waals surface area contributed by atoms with Crippen LogP contribution in [0, 0.1) is 0 Å². The molecule has 0 saturated carbocycles. The average molecular weight is 349 g/mol. The maximum atomic E-state index is 12.3. The van der Waals surface area contributed by atoms with Gasteiger partial charge in [0.15, 0.2) is 0 Å². The monoisotopic (exact) mass is 348 g/mol. The number of amides is 1. The van der Waals surface area contributed by atoms with Crippen LogP contribution in [0.15, 0.2) is 42.5 Å². The molecule has 5 nitrogen and oxygen atoms in total. The molecule has 6 heteroatoms. The number of carbonyl (C=O) groups excluding carboxylic acids is 1. The number of carbonyl (C=O) groups is 1. The molecule has 0 aliphatic heterocycles. The highest BCUT2D eigenvalue weighted by Gasteiger charge is 2.16. The SMILES string of the molecule is COc1ccc([C@@H](CNC(=O)c2ccc(O)c(Cl)c2)N(C)C)cc1. The molecule has 0 unspecified atom stereocenters. The van der Waals surface area contributed by atoms with Crippen molar-refractivity contribution in [1.82, 2.24) is 10.2 Å². The standard InChI is InChI=1S/C18H21ClN2O3/c1-21(2)16(12-4-7-14(24-3)8-5-12)11-20-18(23)13-6-9-17(22)15(19)10-13/h4-10,16,22H,11H2,1-3H3,(H,20,23)/t16-/m1/s1. The van der Waals surface area contributed by atoms with Crippen LogP contribution in [-0.2, 0) is 0 Å². The van der Waals surface area contributed by atoms with E-state index in [1.165, 1.54) is 18.2 Å². The summed E-state index contributed by atoms with van der Waals surface area (Å²) >= 11 is 5.85. The van der Waals surface area contributed by atoms with Crippen LogP contribution in [0.4, 0.5) is 0 Å². The lowest BCUT2D eigenvalue weighted by Crippen LogP contribution is -2.34. The molecule has 0 fully saturated rings. The molecule has 0 aromatic heterocycles. The summed E-state index contributed by atoms with van der Waals surface area (Å²) in [4.78, 5) is 14.3. The molecule has 2 aromatic carbocycles. The lowest BCUT2D eigenvalue weighted by atomic mass is 10.1. The van der Waals surface area contributed by atoms with E-state index in [4.69, 9.17) is 16.3 Å². The number of ether oxygens (including phenoxy) is 1. The molecule has 24 heavy (non-hydrogen) atoms. The van der Waals surface area contributed by atoms with Crippen molar-refractivity contribution in [2.75, 3.05) is 27.7 Å². The Hall–Kier alpha value is -2.24. The van der Waals surface area contributed by atoms with Crippen LogP contribution in [0.5, 0.6) is 11.5 Å². The van der Waals surface area contributed by atoms with Gasteiger partial charge in [-0.05, 0) is 50.0 Å². The zero-order valence-corrected chi connectivity index (χ0v) is 14.7. The van der Waals surface area contributed by atoms with Gasteiger partial charge < -0.3 is 20.1 Å². The van der Waals surface area contributed by atoms with Gasteiger partial charge in [-0.2, -0.15) is 0 Å². The summed E-state index contributed by atoms with van der Waals surface area (Å²) in [7, 11) is 5.54. The lowest BCUT2D eigenvalue weighted by Gasteiger charge is -2.25. The molecule has 2 N–H and O–H groups in total. The quantitative estimate of drug-likeness (QED) is 0.842. The fourth-order valence-electron chi connectivity index (χ4n) is 2.36. The van der Waals surface area contributed by atoms with Crippen molar-refractivity contribution in [2.24, 2.45) is 0 Å². The summed E-state index contributed by atoms with van der Waals surface area (Å²) in [6.45, 7) is 0.441. The molecule has 0 heterocycles. The van der Waals surface area contributed by atoms with Crippen molar-refractivity contribution in [2.45, 2.75) is 6.04 Å². The highest BCUT2D eigenvalue weighted by Crippen LogP contribution is 2.24. The van der Waals surface area contributed by atoms with Crippen LogP contribution in [0.2, 0.25) is 5.02 Å². The number of methoxy groups -OCH3 is 1. The van der Waals surface area contributed by atoms with Gasteiger partial charge in [0.2, 0.25) is 0 Å². The minimum atomic E-state index is -0.239. The van der Waals surface area contributed by atoms with E-state index in [0.717, 1.165) is 11.3 Å². The van der Waals surface area contributed by atoms with Gasteiger partial charge in [0.25, 0.3) is 5.91 Å². The number of nitrogens with one attached hydrogen (secondary N) is 1. The first-order chi connectivity index (χ1) is 11.4. The largest absolute Gasteiger partial charge is 0.506 e. The van der Waals surface area contributed by atoms with Gasteiger partial charge in [0.1, 0.15) is 11.5 Å². The van der Waals surface area contributed by atoms with Crippen molar-refractivity contribution in [3.05, 3.63) is 58.6 Å². The third-order valence-corrected chi connectivity index (χ3v) is 4.09. The van der Waals surface area contributed by atoms with E-state index in [1.54, 1.807) is 7.11 Å². The van der Waals surface area contributed by atoms with E-state index < -0.39 is 0 Å². The Morgan fingerprint density at radius 2 is 1.92 bits per heavy atom. The first-order valence-corrected chi connectivity index (χ1v) is 7.87. The minimum Gasteiger partial charge on any atom is -0.506 e. The fourth-order valence-corrected chi connectivity index (χ4v) is 2.54. The number of rotatable bonds is 6. The average Bonchev–Trinajstić information content (AvgIpc) is 2.57. The zero-order valence-electron chi connectivity index (χ0n) is 13.9. The summed E-state index contributed by atoms with van der Waals surface area (Å²) in [6, 6.07) is 12.2. The third kappa shape index (κ3) is 4.40. The van der Waals surface area contributed by atoms with Crippen LogP contribution in [0.3, 0.4) is 0 Å². The summed E-state index contributed by atoms with van der Waals surface area (Å²) in [5.41, 5.74) is 1.48. The van der Waals surface area contributed by atoms with Crippen molar-refractivity contribution in [3.63, 3.8) is 0 Å². The van der Waals surface area contributed by atoms with E-state index in [1.807, 2.05) is 43.3 Å². The Morgan fingerprint density at radius 1 is 1.25 bits per heavy atom. The third-order valence-electron chi connectivity index (χ3n) is 3.79. The molecular weight excluding hydrogens is 328 g/mol. The van der Waals surface area contributed by atoms with Gasteiger partial charge in [0, 0.05) is 12.1 Å². The molecule has 0 bridgehead atoms. The predicted molar refractivity (Wildman–Crippen MR) is 94.9 cm³/mol. The van der Waals surface area contributed by atoms with Crippen LogP contribution in [-0.4, -0.2) is 43.7 Å². The molecule has 1 atom stereocenters. The number of nitrogens with zero attached hydrogens (tertiary/aromatic N) is 1.